The van der Waals surface area contributed by atoms with Crippen molar-refractivity contribution in [1.29, 1.82) is 0 Å². The molecule has 1 aromatic rings. The van der Waals surface area contributed by atoms with Crippen molar-refractivity contribution in [2.75, 3.05) is 5.73 Å². The van der Waals surface area contributed by atoms with E-state index < -0.39 is 0 Å². The van der Waals surface area contributed by atoms with Gasteiger partial charge in [-0.25, -0.2) is 4.98 Å². The number of imidazole rings is 1. The van der Waals surface area contributed by atoms with Crippen LogP contribution in [0.5, 0.6) is 0 Å². The molecule has 114 valence electrons. The molecule has 1 heterocycles. The van der Waals surface area contributed by atoms with E-state index in [1.165, 1.54) is 43.6 Å². The van der Waals surface area contributed by atoms with Crippen molar-refractivity contribution in [3.8, 4) is 0 Å². The minimum Gasteiger partial charge on any atom is -0.384 e. The van der Waals surface area contributed by atoms with Crippen LogP contribution >= 0.6 is 0 Å². The molecule has 0 aromatic carbocycles. The lowest BCUT2D eigenvalue weighted by Gasteiger charge is -2.20. The Morgan fingerprint density at radius 1 is 1.25 bits per heavy atom. The van der Waals surface area contributed by atoms with E-state index in [1.54, 1.807) is 0 Å². The van der Waals surface area contributed by atoms with E-state index in [0.29, 0.717) is 5.92 Å². The third-order valence-corrected chi connectivity index (χ3v) is 4.39. The maximum absolute atomic E-state index is 6.40. The lowest BCUT2D eigenvalue weighted by atomic mass is 9.86. The number of hydrogen-bond donors (Lipinski definition) is 1. The van der Waals surface area contributed by atoms with Crippen molar-refractivity contribution < 1.29 is 0 Å². The Morgan fingerprint density at radius 2 is 1.95 bits per heavy atom. The van der Waals surface area contributed by atoms with E-state index in [1.807, 2.05) is 0 Å². The van der Waals surface area contributed by atoms with Gasteiger partial charge in [-0.05, 0) is 24.7 Å². The number of nitrogen functional groups attached to an aromatic ring is 1. The molecular formula is C17H31N3. The number of aryl methyl sites for hydroxylation is 1. The molecule has 2 rings (SSSR count). The van der Waals surface area contributed by atoms with Crippen LogP contribution in [-0.4, -0.2) is 9.55 Å². The normalized spacial score (nSPS) is 17.0. The Morgan fingerprint density at radius 3 is 2.55 bits per heavy atom. The first-order valence-corrected chi connectivity index (χ1v) is 8.45. The molecule has 3 nitrogen and oxygen atoms in total. The second-order valence-corrected chi connectivity index (χ2v) is 6.82. The molecule has 0 aliphatic heterocycles. The zero-order chi connectivity index (χ0) is 14.5. The van der Waals surface area contributed by atoms with Crippen LogP contribution in [0.25, 0.3) is 0 Å². The van der Waals surface area contributed by atoms with Gasteiger partial charge in [-0.2, -0.15) is 0 Å². The van der Waals surface area contributed by atoms with Crippen LogP contribution in [0.3, 0.4) is 0 Å². The smallest absolute Gasteiger partial charge is 0.126 e. The van der Waals surface area contributed by atoms with Gasteiger partial charge in [0.2, 0.25) is 0 Å². The van der Waals surface area contributed by atoms with Crippen molar-refractivity contribution in [2.45, 2.75) is 78.7 Å². The standard InChI is InChI=1S/C17H31N3/c1-4-8-16-19-15(11-14-9-6-5-7-10-14)17(18)20(16)12-13(2)3/h13-14H,4-12,18H2,1-3H3. The van der Waals surface area contributed by atoms with Gasteiger partial charge in [0.25, 0.3) is 0 Å². The third-order valence-electron chi connectivity index (χ3n) is 4.39. The average Bonchev–Trinajstić information content (AvgIpc) is 2.69. The molecule has 0 unspecified atom stereocenters. The van der Waals surface area contributed by atoms with Gasteiger partial charge >= 0.3 is 0 Å². The molecule has 0 bridgehead atoms. The quantitative estimate of drug-likeness (QED) is 0.847. The first kappa shape index (κ1) is 15.4. The Bertz CT molecular complexity index is 414. The van der Waals surface area contributed by atoms with Gasteiger partial charge in [-0.3, -0.25) is 0 Å². The molecule has 0 radical (unpaired) electrons. The molecule has 1 aromatic heterocycles. The summed E-state index contributed by atoms with van der Waals surface area (Å²) in [5.41, 5.74) is 7.57. The number of nitrogens with two attached hydrogens (primary N) is 1. The molecule has 1 aliphatic rings. The van der Waals surface area contributed by atoms with Crippen LogP contribution in [0.1, 0.15) is 70.8 Å². The van der Waals surface area contributed by atoms with Crippen molar-refractivity contribution in [3.63, 3.8) is 0 Å². The minimum absolute atomic E-state index is 0.615. The van der Waals surface area contributed by atoms with E-state index in [-0.39, 0.29) is 0 Å². The summed E-state index contributed by atoms with van der Waals surface area (Å²) in [7, 11) is 0. The number of anilines is 1. The van der Waals surface area contributed by atoms with Gasteiger partial charge in [0.15, 0.2) is 0 Å². The molecule has 20 heavy (non-hydrogen) atoms. The fraction of sp³-hybridized carbons (Fsp3) is 0.824. The summed E-state index contributed by atoms with van der Waals surface area (Å²) in [6.45, 7) is 7.70. The zero-order valence-electron chi connectivity index (χ0n) is 13.5. The molecule has 2 N–H and O–H groups in total. The highest BCUT2D eigenvalue weighted by molar-refractivity contribution is 5.38. The van der Waals surface area contributed by atoms with Gasteiger partial charge < -0.3 is 10.3 Å². The maximum atomic E-state index is 6.40. The summed E-state index contributed by atoms with van der Waals surface area (Å²) in [6.07, 6.45) is 10.2. The van der Waals surface area contributed by atoms with E-state index in [0.717, 1.165) is 37.5 Å². The SMILES string of the molecule is CCCc1nc(CC2CCCCC2)c(N)n1CC(C)C. The molecular weight excluding hydrogens is 246 g/mol. The molecule has 1 fully saturated rings. The summed E-state index contributed by atoms with van der Waals surface area (Å²) in [6, 6.07) is 0. The van der Waals surface area contributed by atoms with Crippen LogP contribution in [0.15, 0.2) is 0 Å². The van der Waals surface area contributed by atoms with Crippen LogP contribution in [0.2, 0.25) is 0 Å². The number of rotatable bonds is 6. The van der Waals surface area contributed by atoms with Gasteiger partial charge in [-0.15, -0.1) is 0 Å². The van der Waals surface area contributed by atoms with Gasteiger partial charge in [0.1, 0.15) is 11.6 Å². The molecule has 0 amide bonds. The fourth-order valence-corrected chi connectivity index (χ4v) is 3.37. The lowest BCUT2D eigenvalue weighted by molar-refractivity contribution is 0.355. The van der Waals surface area contributed by atoms with Gasteiger partial charge in [0.05, 0.1) is 5.69 Å². The predicted molar refractivity (Wildman–Crippen MR) is 85.8 cm³/mol. The van der Waals surface area contributed by atoms with Crippen LogP contribution in [-0.2, 0) is 19.4 Å². The van der Waals surface area contributed by atoms with Crippen molar-refractivity contribution in [2.24, 2.45) is 11.8 Å². The summed E-state index contributed by atoms with van der Waals surface area (Å²) in [4.78, 5) is 4.88. The van der Waals surface area contributed by atoms with E-state index in [9.17, 15) is 0 Å². The second-order valence-electron chi connectivity index (χ2n) is 6.82. The van der Waals surface area contributed by atoms with Gasteiger partial charge in [-0.1, -0.05) is 52.9 Å². The number of hydrogen-bond acceptors (Lipinski definition) is 2. The fourth-order valence-electron chi connectivity index (χ4n) is 3.37. The highest BCUT2D eigenvalue weighted by Gasteiger charge is 2.20. The number of aromatic nitrogens is 2. The Balaban J connectivity index is 2.15. The highest BCUT2D eigenvalue weighted by atomic mass is 15.1. The van der Waals surface area contributed by atoms with Gasteiger partial charge in [0, 0.05) is 13.0 Å². The molecule has 0 atom stereocenters. The number of nitrogens with zero attached hydrogens (tertiary/aromatic N) is 2. The Kier molecular flexibility index (Phi) is 5.50. The van der Waals surface area contributed by atoms with E-state index in [4.69, 9.17) is 10.7 Å². The predicted octanol–water partition coefficient (Wildman–Crippen LogP) is 4.20. The average molecular weight is 277 g/mol. The van der Waals surface area contributed by atoms with Crippen molar-refractivity contribution in [3.05, 3.63) is 11.5 Å². The Hall–Kier alpha value is -0.990. The molecule has 1 aliphatic carbocycles. The summed E-state index contributed by atoms with van der Waals surface area (Å²) in [5.74, 6) is 3.56. The summed E-state index contributed by atoms with van der Waals surface area (Å²) < 4.78 is 2.27. The zero-order valence-corrected chi connectivity index (χ0v) is 13.5. The lowest BCUT2D eigenvalue weighted by Crippen LogP contribution is -2.13. The molecule has 0 saturated heterocycles. The van der Waals surface area contributed by atoms with Crippen LogP contribution in [0, 0.1) is 11.8 Å². The molecule has 3 heteroatoms. The first-order valence-electron chi connectivity index (χ1n) is 8.45. The Labute approximate surface area is 124 Å². The molecule has 1 saturated carbocycles. The topological polar surface area (TPSA) is 43.8 Å². The molecule has 0 spiro atoms. The van der Waals surface area contributed by atoms with Crippen molar-refractivity contribution >= 4 is 5.82 Å². The van der Waals surface area contributed by atoms with Crippen molar-refractivity contribution in [1.82, 2.24) is 9.55 Å². The summed E-state index contributed by atoms with van der Waals surface area (Å²) in [5, 5.41) is 0. The van der Waals surface area contributed by atoms with E-state index >= 15 is 0 Å². The minimum atomic E-state index is 0.615. The second kappa shape index (κ2) is 7.14. The summed E-state index contributed by atoms with van der Waals surface area (Å²) >= 11 is 0. The third kappa shape index (κ3) is 3.77. The first-order chi connectivity index (χ1) is 9.61. The van der Waals surface area contributed by atoms with Crippen LogP contribution in [0.4, 0.5) is 5.82 Å². The highest BCUT2D eigenvalue weighted by Crippen LogP contribution is 2.29. The monoisotopic (exact) mass is 277 g/mol. The maximum Gasteiger partial charge on any atom is 0.126 e. The van der Waals surface area contributed by atoms with E-state index in [2.05, 4.69) is 25.3 Å². The largest absolute Gasteiger partial charge is 0.384 e. The van der Waals surface area contributed by atoms with Crippen LogP contribution < -0.4 is 5.73 Å².